The van der Waals surface area contributed by atoms with Gasteiger partial charge in [0.25, 0.3) is 0 Å². The van der Waals surface area contributed by atoms with Crippen LogP contribution in [0.2, 0.25) is 5.02 Å². The first-order valence-electron chi connectivity index (χ1n) is 8.11. The molecule has 0 spiro atoms. The molecule has 0 bridgehead atoms. The fraction of sp³-hybridized carbons (Fsp3) is 0.158. The molecule has 6 nitrogen and oxygen atoms in total. The minimum Gasteiger partial charge on any atom is -0.496 e. The molecule has 0 atom stereocenters. The Labute approximate surface area is 166 Å². The lowest BCUT2D eigenvalue weighted by Crippen LogP contribution is -2.01. The lowest BCUT2D eigenvalue weighted by Gasteiger charge is -2.12. The van der Waals surface area contributed by atoms with Crippen LogP contribution in [0.1, 0.15) is 16.7 Å². The summed E-state index contributed by atoms with van der Waals surface area (Å²) in [6.45, 7) is 2.31. The highest BCUT2D eigenvalue weighted by Crippen LogP contribution is 2.28. The molecule has 0 radical (unpaired) electrons. The van der Waals surface area contributed by atoms with E-state index in [2.05, 4.69) is 15.5 Å². The molecular formula is C19H19ClN4O2S. The van der Waals surface area contributed by atoms with Gasteiger partial charge in [0.05, 0.1) is 18.3 Å². The lowest BCUT2D eigenvalue weighted by atomic mass is 10.1. The van der Waals surface area contributed by atoms with Crippen LogP contribution in [-0.4, -0.2) is 18.3 Å². The van der Waals surface area contributed by atoms with Crippen LogP contribution in [0.5, 0.6) is 11.5 Å². The zero-order valence-corrected chi connectivity index (χ0v) is 16.5. The standard InChI is InChI=1S/C19H19ClN4O2S/c1-12-3-5-17(15(20)7-12)26-10-14-8-13(4-6-16(14)25-2)9-22-24-19-23-18(21)11-27-19/h3-9,11H,10,21H2,1-2H3,(H,23,24). The summed E-state index contributed by atoms with van der Waals surface area (Å²) in [5.41, 5.74) is 11.3. The van der Waals surface area contributed by atoms with Crippen LogP contribution in [0.15, 0.2) is 46.9 Å². The third-order valence-electron chi connectivity index (χ3n) is 3.67. The molecule has 3 aromatic rings. The molecule has 1 heterocycles. The predicted octanol–water partition coefficient (Wildman–Crippen LogP) is 4.72. The zero-order chi connectivity index (χ0) is 19.2. The minimum absolute atomic E-state index is 0.323. The number of ether oxygens (including phenoxy) is 2. The summed E-state index contributed by atoms with van der Waals surface area (Å²) in [6, 6.07) is 11.4. The number of thiazole rings is 1. The number of hydrogen-bond acceptors (Lipinski definition) is 7. The van der Waals surface area contributed by atoms with Crippen LogP contribution < -0.4 is 20.6 Å². The van der Waals surface area contributed by atoms with Crippen LogP contribution in [0.3, 0.4) is 0 Å². The van der Waals surface area contributed by atoms with Crippen molar-refractivity contribution < 1.29 is 9.47 Å². The topological polar surface area (TPSA) is 81.8 Å². The first-order chi connectivity index (χ1) is 13.0. The number of nitrogens with two attached hydrogens (primary N) is 1. The Morgan fingerprint density at radius 2 is 2.07 bits per heavy atom. The molecule has 3 rings (SSSR count). The van der Waals surface area contributed by atoms with E-state index in [1.165, 1.54) is 11.3 Å². The molecule has 140 valence electrons. The quantitative estimate of drug-likeness (QED) is 0.441. The van der Waals surface area contributed by atoms with Gasteiger partial charge >= 0.3 is 0 Å². The highest BCUT2D eigenvalue weighted by atomic mass is 35.5. The molecule has 8 heteroatoms. The fourth-order valence-corrected chi connectivity index (χ4v) is 3.21. The smallest absolute Gasteiger partial charge is 0.205 e. The van der Waals surface area contributed by atoms with Crippen molar-refractivity contribution in [2.24, 2.45) is 5.10 Å². The Balaban J connectivity index is 1.70. The van der Waals surface area contributed by atoms with E-state index in [4.69, 9.17) is 26.8 Å². The second-order valence-electron chi connectivity index (χ2n) is 5.74. The van der Waals surface area contributed by atoms with Crippen molar-refractivity contribution in [1.29, 1.82) is 0 Å². The van der Waals surface area contributed by atoms with Gasteiger partial charge in [-0.2, -0.15) is 5.10 Å². The molecule has 0 saturated heterocycles. The van der Waals surface area contributed by atoms with Crippen molar-refractivity contribution in [1.82, 2.24) is 4.98 Å². The molecule has 0 amide bonds. The molecule has 0 aliphatic heterocycles. The number of benzene rings is 2. The summed E-state index contributed by atoms with van der Waals surface area (Å²) < 4.78 is 11.3. The first kappa shape index (κ1) is 19.0. The summed E-state index contributed by atoms with van der Waals surface area (Å²) in [5, 5.41) is 7.14. The zero-order valence-electron chi connectivity index (χ0n) is 14.9. The maximum Gasteiger partial charge on any atom is 0.205 e. The van der Waals surface area contributed by atoms with Gasteiger partial charge in [-0.1, -0.05) is 17.7 Å². The minimum atomic E-state index is 0.323. The third-order valence-corrected chi connectivity index (χ3v) is 4.73. The van der Waals surface area contributed by atoms with Crippen molar-refractivity contribution >= 4 is 40.1 Å². The number of halogens is 1. The van der Waals surface area contributed by atoms with E-state index in [9.17, 15) is 0 Å². The second kappa shape index (κ2) is 8.75. The summed E-state index contributed by atoms with van der Waals surface area (Å²) >= 11 is 7.62. The SMILES string of the molecule is COc1ccc(C=NNc2nc(N)cs2)cc1COc1ccc(C)cc1Cl. The lowest BCUT2D eigenvalue weighted by molar-refractivity contribution is 0.297. The van der Waals surface area contributed by atoms with E-state index in [1.54, 1.807) is 18.7 Å². The van der Waals surface area contributed by atoms with E-state index in [-0.39, 0.29) is 0 Å². The molecule has 1 aromatic heterocycles. The van der Waals surface area contributed by atoms with Crippen LogP contribution in [0.4, 0.5) is 10.9 Å². The summed E-state index contributed by atoms with van der Waals surface area (Å²) in [7, 11) is 1.62. The summed E-state index contributed by atoms with van der Waals surface area (Å²) in [6.07, 6.45) is 1.69. The normalized spacial score (nSPS) is 10.9. The average molecular weight is 403 g/mol. The number of aromatic nitrogens is 1. The molecule has 0 saturated carbocycles. The van der Waals surface area contributed by atoms with Crippen molar-refractivity contribution in [2.45, 2.75) is 13.5 Å². The Hall–Kier alpha value is -2.77. The van der Waals surface area contributed by atoms with Gasteiger partial charge in [0.15, 0.2) is 0 Å². The third kappa shape index (κ3) is 5.12. The van der Waals surface area contributed by atoms with Gasteiger partial charge in [0, 0.05) is 10.9 Å². The van der Waals surface area contributed by atoms with E-state index in [0.717, 1.165) is 22.4 Å². The number of nitrogens with one attached hydrogen (secondary N) is 1. The van der Waals surface area contributed by atoms with E-state index in [1.807, 2.05) is 43.3 Å². The number of aryl methyl sites for hydroxylation is 1. The molecule has 0 unspecified atom stereocenters. The first-order valence-corrected chi connectivity index (χ1v) is 9.37. The Morgan fingerprint density at radius 3 is 2.78 bits per heavy atom. The van der Waals surface area contributed by atoms with Gasteiger partial charge in [0.2, 0.25) is 5.13 Å². The summed E-state index contributed by atoms with van der Waals surface area (Å²) in [4.78, 5) is 4.08. The Kier molecular flexibility index (Phi) is 6.16. The molecular weight excluding hydrogens is 384 g/mol. The van der Waals surface area contributed by atoms with Gasteiger partial charge in [-0.25, -0.2) is 4.98 Å². The maximum atomic E-state index is 6.23. The fourth-order valence-electron chi connectivity index (χ4n) is 2.37. The van der Waals surface area contributed by atoms with Crippen LogP contribution in [0.25, 0.3) is 0 Å². The number of nitrogens with zero attached hydrogens (tertiary/aromatic N) is 2. The molecule has 3 N–H and O–H groups in total. The predicted molar refractivity (Wildman–Crippen MR) is 111 cm³/mol. The number of anilines is 2. The average Bonchev–Trinajstić information content (AvgIpc) is 3.06. The van der Waals surface area contributed by atoms with Gasteiger partial charge < -0.3 is 15.2 Å². The van der Waals surface area contributed by atoms with Crippen molar-refractivity contribution in [2.75, 3.05) is 18.3 Å². The van der Waals surface area contributed by atoms with Crippen molar-refractivity contribution in [3.05, 3.63) is 63.5 Å². The van der Waals surface area contributed by atoms with E-state index in [0.29, 0.717) is 28.3 Å². The van der Waals surface area contributed by atoms with Crippen LogP contribution >= 0.6 is 22.9 Å². The molecule has 0 aliphatic rings. The second-order valence-corrected chi connectivity index (χ2v) is 7.01. The van der Waals surface area contributed by atoms with Crippen molar-refractivity contribution in [3.63, 3.8) is 0 Å². The van der Waals surface area contributed by atoms with Crippen molar-refractivity contribution in [3.8, 4) is 11.5 Å². The largest absolute Gasteiger partial charge is 0.496 e. The van der Waals surface area contributed by atoms with Crippen LogP contribution in [-0.2, 0) is 6.61 Å². The number of nitrogen functional groups attached to an aromatic ring is 1. The Morgan fingerprint density at radius 1 is 1.26 bits per heavy atom. The van der Waals surface area contributed by atoms with Gasteiger partial charge in [-0.05, 0) is 48.4 Å². The van der Waals surface area contributed by atoms with Gasteiger partial charge in [-0.3, -0.25) is 5.43 Å². The maximum absolute atomic E-state index is 6.23. The van der Waals surface area contributed by atoms with Gasteiger partial charge in [0.1, 0.15) is 23.9 Å². The highest BCUT2D eigenvalue weighted by Gasteiger charge is 2.07. The molecule has 2 aromatic carbocycles. The van der Waals surface area contributed by atoms with Crippen LogP contribution in [0, 0.1) is 6.92 Å². The summed E-state index contributed by atoms with van der Waals surface area (Å²) in [5.74, 6) is 1.83. The number of hydrogen-bond donors (Lipinski definition) is 2. The number of rotatable bonds is 7. The molecule has 0 fully saturated rings. The monoisotopic (exact) mass is 402 g/mol. The van der Waals surface area contributed by atoms with E-state index >= 15 is 0 Å². The number of hydrazone groups is 1. The highest BCUT2D eigenvalue weighted by molar-refractivity contribution is 7.14. The number of methoxy groups -OCH3 is 1. The Bertz CT molecular complexity index is 959. The molecule has 0 aliphatic carbocycles. The van der Waals surface area contributed by atoms with E-state index < -0.39 is 0 Å². The van der Waals surface area contributed by atoms with Gasteiger partial charge in [-0.15, -0.1) is 11.3 Å². The molecule has 27 heavy (non-hydrogen) atoms.